The van der Waals surface area contributed by atoms with Gasteiger partial charge in [0.25, 0.3) is 0 Å². The summed E-state index contributed by atoms with van der Waals surface area (Å²) in [6.07, 6.45) is 4.12. The minimum atomic E-state index is -0.283. The fraction of sp³-hybridized carbons (Fsp3) is 0.319. The summed E-state index contributed by atoms with van der Waals surface area (Å²) in [5.74, 6) is 2.65. The predicted molar refractivity (Wildman–Crippen MR) is 233 cm³/mol. The molecule has 2 fully saturated rings. The number of hydrogen-bond acceptors (Lipinski definition) is 7. The average molecular weight is 799 g/mol. The third-order valence-electron chi connectivity index (χ3n) is 10.9. The van der Waals surface area contributed by atoms with Gasteiger partial charge in [-0.1, -0.05) is 96.5 Å². The molecular weight excluding hydrogens is 748 g/mol. The van der Waals surface area contributed by atoms with Crippen molar-refractivity contribution in [2.75, 3.05) is 40.3 Å². The minimum absolute atomic E-state index is 0.201. The number of halogens is 1. The second kappa shape index (κ2) is 18.9. The summed E-state index contributed by atoms with van der Waals surface area (Å²) in [6.45, 7) is 4.26. The second-order valence-electron chi connectivity index (χ2n) is 15.2. The maximum Gasteiger partial charge on any atom is 0.142 e. The lowest BCUT2D eigenvalue weighted by atomic mass is 10.1. The Labute approximate surface area is 345 Å². The molecule has 294 valence electrons. The number of imidazole rings is 2. The average Bonchev–Trinajstić information content (AvgIpc) is 3.89. The van der Waals surface area contributed by atoms with Crippen LogP contribution in [-0.2, 0) is 15.2 Å². The molecule has 10 heteroatoms. The van der Waals surface area contributed by atoms with Crippen LogP contribution < -0.4 is 0 Å². The minimum Gasteiger partial charge on any atom is -0.362 e. The maximum atomic E-state index is 6.73. The molecule has 9 rings (SSSR count). The van der Waals surface area contributed by atoms with E-state index < -0.39 is 0 Å². The highest BCUT2D eigenvalue weighted by Gasteiger charge is 2.28. The van der Waals surface area contributed by atoms with Gasteiger partial charge in [0.1, 0.15) is 23.9 Å². The van der Waals surface area contributed by atoms with Gasteiger partial charge in [-0.25, -0.2) is 9.97 Å². The van der Waals surface area contributed by atoms with Crippen LogP contribution in [-0.4, -0.2) is 82.2 Å². The Kier molecular flexibility index (Phi) is 13.0. The van der Waals surface area contributed by atoms with Crippen LogP contribution in [0.5, 0.6) is 0 Å². The molecule has 0 bridgehead atoms. The first-order chi connectivity index (χ1) is 27.9. The van der Waals surface area contributed by atoms with Gasteiger partial charge in [0.05, 0.1) is 34.3 Å². The molecule has 8 nitrogen and oxygen atoms in total. The molecule has 7 aromatic rings. The Morgan fingerprint density at radius 3 is 1.75 bits per heavy atom. The summed E-state index contributed by atoms with van der Waals surface area (Å²) in [5.41, 5.74) is 7.44. The highest BCUT2D eigenvalue weighted by atomic mass is 35.5. The molecule has 2 N–H and O–H groups in total. The normalized spacial score (nSPS) is 17.0. The van der Waals surface area contributed by atoms with E-state index in [4.69, 9.17) is 31.0 Å². The molecule has 2 aromatic heterocycles. The van der Waals surface area contributed by atoms with Crippen LogP contribution in [0.15, 0.2) is 132 Å². The van der Waals surface area contributed by atoms with Crippen molar-refractivity contribution in [3.05, 3.63) is 161 Å². The van der Waals surface area contributed by atoms with Gasteiger partial charge in [-0.05, 0) is 93.4 Å². The molecule has 0 aliphatic carbocycles. The van der Waals surface area contributed by atoms with Crippen LogP contribution in [0, 0.1) is 0 Å². The molecule has 2 atom stereocenters. The molecule has 2 aliphatic heterocycles. The van der Waals surface area contributed by atoms with E-state index in [9.17, 15) is 0 Å². The summed E-state index contributed by atoms with van der Waals surface area (Å²) < 4.78 is 13.2. The second-order valence-corrected chi connectivity index (χ2v) is 16.6. The quantitative estimate of drug-likeness (QED) is 0.126. The van der Waals surface area contributed by atoms with E-state index in [1.54, 1.807) is 0 Å². The zero-order valence-corrected chi connectivity index (χ0v) is 34.3. The molecule has 2 aliphatic rings. The van der Waals surface area contributed by atoms with Crippen LogP contribution in [0.2, 0.25) is 5.02 Å². The van der Waals surface area contributed by atoms with Crippen molar-refractivity contribution in [2.45, 2.75) is 60.7 Å². The fourth-order valence-electron chi connectivity index (χ4n) is 7.60. The SMILES string of the molecule is CN1CCC(OC(c2cccc(SCc3ccccc3)c2)c2nc3ccccc3[nH]2)CC1.CN1CCC(OC(c2nc3ccccc3[nH]2)c2ccccc2Cl)CC1. The molecule has 57 heavy (non-hydrogen) atoms. The summed E-state index contributed by atoms with van der Waals surface area (Å²) in [4.78, 5) is 22.5. The number of nitrogens with one attached hydrogen (secondary N) is 2. The van der Waals surface area contributed by atoms with Gasteiger partial charge in [-0.15, -0.1) is 11.8 Å². The van der Waals surface area contributed by atoms with Crippen molar-refractivity contribution < 1.29 is 9.47 Å². The number of hydrogen-bond donors (Lipinski definition) is 2. The van der Waals surface area contributed by atoms with Gasteiger partial charge in [0.15, 0.2) is 0 Å². The number of H-pyrrole nitrogens is 2. The molecule has 0 saturated carbocycles. The van der Waals surface area contributed by atoms with Gasteiger partial charge in [-0.2, -0.15) is 0 Å². The number of piperidine rings is 2. The first-order valence-electron chi connectivity index (χ1n) is 20.0. The number of thioether (sulfide) groups is 1. The molecule has 0 spiro atoms. The summed E-state index contributed by atoms with van der Waals surface area (Å²) in [5, 5.41) is 0.709. The predicted octanol–water partition coefficient (Wildman–Crippen LogP) is 10.5. The summed E-state index contributed by atoms with van der Waals surface area (Å²) >= 11 is 8.34. The highest BCUT2D eigenvalue weighted by Crippen LogP contribution is 2.35. The molecular formula is C47H51ClN6O2S. The summed E-state index contributed by atoms with van der Waals surface area (Å²) in [6, 6.07) is 43.5. The van der Waals surface area contributed by atoms with Crippen LogP contribution in [0.1, 0.15) is 66.2 Å². The smallest absolute Gasteiger partial charge is 0.142 e. The van der Waals surface area contributed by atoms with Crippen molar-refractivity contribution >= 4 is 45.4 Å². The number of benzene rings is 5. The van der Waals surface area contributed by atoms with Gasteiger partial charge in [0, 0.05) is 47.4 Å². The topological polar surface area (TPSA) is 82.3 Å². The molecule has 2 saturated heterocycles. The number of aromatic amines is 2. The van der Waals surface area contributed by atoms with Crippen LogP contribution in [0.4, 0.5) is 0 Å². The van der Waals surface area contributed by atoms with E-state index in [-0.39, 0.29) is 24.4 Å². The lowest BCUT2D eigenvalue weighted by Gasteiger charge is -2.31. The zero-order valence-electron chi connectivity index (χ0n) is 32.7. The standard InChI is InChI=1S/C27H29N3OS.C20H22ClN3O/c1-30-16-14-22(15-17-30)31-26(27-28-24-12-5-6-13-25(24)29-27)21-10-7-11-23(18-21)32-19-20-8-3-2-4-9-20;1-24-12-10-14(11-13-24)25-19(15-6-2-3-7-16(15)21)20-22-17-8-4-5-9-18(17)23-20/h2-13,18,22,26H,14-17,19H2,1H3,(H,28,29);2-9,14,19H,10-13H2,1H3,(H,22,23). The number of rotatable bonds is 11. The van der Waals surface area contributed by atoms with Gasteiger partial charge in [0.2, 0.25) is 0 Å². The van der Waals surface area contributed by atoms with Crippen molar-refractivity contribution in [3.8, 4) is 0 Å². The first kappa shape index (κ1) is 39.4. The molecule has 0 radical (unpaired) electrons. The molecule has 0 amide bonds. The number of ether oxygens (including phenoxy) is 2. The van der Waals surface area contributed by atoms with E-state index in [1.807, 2.05) is 78.5 Å². The van der Waals surface area contributed by atoms with Gasteiger partial charge < -0.3 is 29.2 Å². The van der Waals surface area contributed by atoms with Crippen LogP contribution in [0.3, 0.4) is 0 Å². The number of aromatic nitrogens is 4. The Morgan fingerprint density at radius 1 is 0.632 bits per heavy atom. The third-order valence-corrected chi connectivity index (χ3v) is 12.3. The number of fused-ring (bicyclic) bond motifs is 2. The number of likely N-dealkylation sites (tertiary alicyclic amines) is 2. The Bertz CT molecular complexity index is 2270. The first-order valence-corrected chi connectivity index (χ1v) is 21.4. The van der Waals surface area contributed by atoms with Crippen molar-refractivity contribution in [2.24, 2.45) is 0 Å². The van der Waals surface area contributed by atoms with Gasteiger partial charge in [-0.3, -0.25) is 0 Å². The number of nitrogens with zero attached hydrogens (tertiary/aromatic N) is 4. The van der Waals surface area contributed by atoms with E-state index in [1.165, 1.54) is 10.5 Å². The lowest BCUT2D eigenvalue weighted by molar-refractivity contribution is -0.0265. The monoisotopic (exact) mass is 798 g/mol. The van der Waals surface area contributed by atoms with Gasteiger partial charge >= 0.3 is 0 Å². The van der Waals surface area contributed by atoms with Crippen LogP contribution >= 0.6 is 23.4 Å². The van der Waals surface area contributed by atoms with E-state index in [2.05, 4.69) is 94.5 Å². The molecule has 4 heterocycles. The maximum absolute atomic E-state index is 6.73. The number of para-hydroxylation sites is 4. The van der Waals surface area contributed by atoms with E-state index in [0.29, 0.717) is 5.02 Å². The Hall–Kier alpha value is -4.48. The third kappa shape index (κ3) is 10.2. The summed E-state index contributed by atoms with van der Waals surface area (Å²) in [7, 11) is 4.33. The highest BCUT2D eigenvalue weighted by molar-refractivity contribution is 7.98. The molecule has 5 aromatic carbocycles. The Balaban J connectivity index is 0.000000165. The molecule has 2 unspecified atom stereocenters. The van der Waals surface area contributed by atoms with Crippen molar-refractivity contribution in [1.29, 1.82) is 0 Å². The largest absolute Gasteiger partial charge is 0.362 e. The van der Waals surface area contributed by atoms with Crippen molar-refractivity contribution in [3.63, 3.8) is 0 Å². The van der Waals surface area contributed by atoms with E-state index in [0.717, 1.165) is 102 Å². The fourth-order valence-corrected chi connectivity index (χ4v) is 8.76. The lowest BCUT2D eigenvalue weighted by Crippen LogP contribution is -2.35. The zero-order chi connectivity index (χ0) is 39.0. The van der Waals surface area contributed by atoms with Crippen LogP contribution in [0.25, 0.3) is 22.1 Å². The van der Waals surface area contributed by atoms with Crippen molar-refractivity contribution in [1.82, 2.24) is 29.7 Å². The Morgan fingerprint density at radius 2 is 1.16 bits per heavy atom. The van der Waals surface area contributed by atoms with E-state index >= 15 is 0 Å².